The first-order valence-electron chi connectivity index (χ1n) is 8.02. The minimum atomic E-state index is -3.42. The molecular formula is C16H15N9O2S2. The summed E-state index contributed by atoms with van der Waals surface area (Å²) in [6, 6.07) is 7.06. The molecule has 0 saturated heterocycles. The van der Waals surface area contributed by atoms with E-state index in [1.54, 1.807) is 32.0 Å². The number of benzene rings is 1. The molecule has 1 aliphatic heterocycles. The van der Waals surface area contributed by atoms with Gasteiger partial charge in [0.25, 0.3) is 0 Å². The van der Waals surface area contributed by atoms with E-state index in [-0.39, 0.29) is 11.0 Å². The van der Waals surface area contributed by atoms with Crippen molar-refractivity contribution in [3.8, 4) is 6.07 Å². The zero-order chi connectivity index (χ0) is 21.2. The molecule has 148 valence electrons. The quantitative estimate of drug-likeness (QED) is 0.421. The zero-order valence-electron chi connectivity index (χ0n) is 15.6. The molecule has 0 radical (unpaired) electrons. The van der Waals surface area contributed by atoms with Crippen molar-refractivity contribution in [3.63, 3.8) is 0 Å². The Morgan fingerprint density at radius 2 is 2.10 bits per heavy atom. The Bertz CT molecular complexity index is 1220. The number of hydrazone groups is 1. The van der Waals surface area contributed by atoms with Gasteiger partial charge in [-0.2, -0.15) is 15.3 Å². The third kappa shape index (κ3) is 4.50. The highest BCUT2D eigenvalue weighted by Crippen LogP contribution is 2.40. The minimum absolute atomic E-state index is 0.216. The summed E-state index contributed by atoms with van der Waals surface area (Å²) in [5.41, 5.74) is 1.90. The summed E-state index contributed by atoms with van der Waals surface area (Å²) < 4.78 is 25.0. The van der Waals surface area contributed by atoms with Gasteiger partial charge >= 0.3 is 0 Å². The molecule has 3 rings (SSSR count). The van der Waals surface area contributed by atoms with Gasteiger partial charge in [0.05, 0.1) is 34.2 Å². The maximum atomic E-state index is 11.3. The van der Waals surface area contributed by atoms with Crippen LogP contribution in [-0.4, -0.2) is 26.4 Å². The molecule has 2 aromatic rings. The minimum Gasteiger partial charge on any atom is -0.259 e. The lowest BCUT2D eigenvalue weighted by atomic mass is 10.2. The van der Waals surface area contributed by atoms with E-state index in [0.29, 0.717) is 33.3 Å². The molecule has 1 aromatic heterocycles. The number of fused-ring (bicyclic) bond motifs is 1. The SMILES string of the molecule is C=NN1/C(=C(\C)C#N)N=Nc2ccc(N=Nc3nc(NS(C)(=O)=O)sc3C)cc21. The number of azo groups is 2. The molecule has 0 saturated carbocycles. The lowest BCUT2D eigenvalue weighted by Crippen LogP contribution is -2.17. The van der Waals surface area contributed by atoms with Crippen LogP contribution in [0.1, 0.15) is 11.8 Å². The second-order valence-electron chi connectivity index (χ2n) is 5.86. The van der Waals surface area contributed by atoms with E-state index in [0.717, 1.165) is 17.6 Å². The van der Waals surface area contributed by atoms with Gasteiger partial charge in [-0.25, -0.2) is 13.4 Å². The second-order valence-corrected chi connectivity index (χ2v) is 8.81. The van der Waals surface area contributed by atoms with Crippen molar-refractivity contribution in [1.29, 1.82) is 5.26 Å². The van der Waals surface area contributed by atoms with Crippen LogP contribution in [0.5, 0.6) is 0 Å². The van der Waals surface area contributed by atoms with E-state index in [4.69, 9.17) is 5.26 Å². The van der Waals surface area contributed by atoms with Crippen LogP contribution >= 0.6 is 11.3 Å². The average molecular weight is 429 g/mol. The third-order valence-electron chi connectivity index (χ3n) is 3.59. The monoisotopic (exact) mass is 429 g/mol. The molecule has 29 heavy (non-hydrogen) atoms. The van der Waals surface area contributed by atoms with Crippen molar-refractivity contribution in [2.24, 2.45) is 25.6 Å². The summed E-state index contributed by atoms with van der Waals surface area (Å²) in [6.45, 7) is 6.90. The number of nitrogens with zero attached hydrogens (tertiary/aromatic N) is 8. The number of hydrogen-bond donors (Lipinski definition) is 1. The van der Waals surface area contributed by atoms with E-state index < -0.39 is 10.0 Å². The lowest BCUT2D eigenvalue weighted by molar-refractivity contribution is 0.607. The van der Waals surface area contributed by atoms with Crippen LogP contribution in [0.3, 0.4) is 0 Å². The number of thiazole rings is 1. The Labute approximate surface area is 170 Å². The molecule has 0 unspecified atom stereocenters. The van der Waals surface area contributed by atoms with Gasteiger partial charge in [-0.15, -0.1) is 20.5 Å². The molecule has 1 aliphatic rings. The average Bonchev–Trinajstić information content (AvgIpc) is 3.01. The number of nitrogens with one attached hydrogen (secondary N) is 1. The normalized spacial score (nSPS) is 15.2. The maximum absolute atomic E-state index is 11.3. The first-order valence-corrected chi connectivity index (χ1v) is 10.7. The van der Waals surface area contributed by atoms with E-state index in [2.05, 4.69) is 42.0 Å². The molecule has 13 heteroatoms. The molecular weight excluding hydrogens is 414 g/mol. The number of hydrogen-bond acceptors (Lipinski definition) is 11. The van der Waals surface area contributed by atoms with Crippen LogP contribution in [0, 0.1) is 18.3 Å². The van der Waals surface area contributed by atoms with Crippen LogP contribution in [0.2, 0.25) is 0 Å². The van der Waals surface area contributed by atoms with Crippen molar-refractivity contribution in [3.05, 3.63) is 34.5 Å². The molecule has 0 spiro atoms. The Kier molecular flexibility index (Phi) is 5.48. The fraction of sp³-hybridized carbons (Fsp3) is 0.188. The standard InChI is InChI=1S/C16H15N9O2S2/c1-9(8-17)15-23-21-12-6-5-11(7-13(12)25(15)18-3)20-22-14-10(2)28-16(19-14)24-29(4,26)27/h5-7H,3H2,1-2,4H3,(H,19,24)/b15-9+,22-20?. The summed E-state index contributed by atoms with van der Waals surface area (Å²) in [6.07, 6.45) is 1.05. The molecule has 11 nitrogen and oxygen atoms in total. The summed E-state index contributed by atoms with van der Waals surface area (Å²) in [4.78, 5) is 4.83. The largest absolute Gasteiger partial charge is 0.259 e. The van der Waals surface area contributed by atoms with Crippen molar-refractivity contribution in [2.45, 2.75) is 13.8 Å². The van der Waals surface area contributed by atoms with Crippen LogP contribution < -0.4 is 9.73 Å². The molecule has 0 bridgehead atoms. The van der Waals surface area contributed by atoms with Crippen LogP contribution in [0.15, 0.2) is 55.2 Å². The fourth-order valence-electron chi connectivity index (χ4n) is 2.30. The van der Waals surface area contributed by atoms with Gasteiger partial charge in [0, 0.05) is 6.72 Å². The zero-order valence-corrected chi connectivity index (χ0v) is 17.3. The molecule has 1 aromatic carbocycles. The highest BCUT2D eigenvalue weighted by Gasteiger charge is 2.22. The third-order valence-corrected chi connectivity index (χ3v) is 5.16. The smallest absolute Gasteiger partial charge is 0.231 e. The van der Waals surface area contributed by atoms with Gasteiger partial charge < -0.3 is 0 Å². The molecule has 2 heterocycles. The number of aryl methyl sites for hydroxylation is 1. The second kappa shape index (κ2) is 7.86. The highest BCUT2D eigenvalue weighted by atomic mass is 32.2. The number of sulfonamides is 1. The predicted molar refractivity (Wildman–Crippen MR) is 111 cm³/mol. The van der Waals surface area contributed by atoms with Gasteiger partial charge in [-0.3, -0.25) is 4.72 Å². The first-order chi connectivity index (χ1) is 13.7. The topological polar surface area (TPSA) is 148 Å². The number of rotatable bonds is 5. The number of aromatic nitrogens is 1. The van der Waals surface area contributed by atoms with Crippen molar-refractivity contribution >= 4 is 56.1 Å². The van der Waals surface area contributed by atoms with Gasteiger partial charge in [-0.05, 0) is 32.0 Å². The Morgan fingerprint density at radius 1 is 1.34 bits per heavy atom. The molecule has 1 N–H and O–H groups in total. The van der Waals surface area contributed by atoms with Gasteiger partial charge in [-0.1, -0.05) is 11.3 Å². The number of nitriles is 1. The van der Waals surface area contributed by atoms with Crippen molar-refractivity contribution < 1.29 is 8.42 Å². The summed E-state index contributed by atoms with van der Waals surface area (Å²) >= 11 is 1.16. The molecule has 0 atom stereocenters. The molecule has 0 fully saturated rings. The lowest BCUT2D eigenvalue weighted by Gasteiger charge is -2.23. The van der Waals surface area contributed by atoms with Gasteiger partial charge in [0.2, 0.25) is 10.0 Å². The summed E-state index contributed by atoms with van der Waals surface area (Å²) in [7, 11) is -3.42. The van der Waals surface area contributed by atoms with Crippen LogP contribution in [0.4, 0.5) is 28.0 Å². The van der Waals surface area contributed by atoms with Crippen molar-refractivity contribution in [2.75, 3.05) is 16.0 Å². The number of allylic oxidation sites excluding steroid dienone is 1. The maximum Gasteiger partial charge on any atom is 0.231 e. The predicted octanol–water partition coefficient (Wildman–Crippen LogP) is 4.51. The van der Waals surface area contributed by atoms with Crippen molar-refractivity contribution in [1.82, 2.24) is 4.98 Å². The molecule has 0 aliphatic carbocycles. The van der Waals surface area contributed by atoms with E-state index in [1.165, 1.54) is 5.01 Å². The Hall–Kier alpha value is -3.50. The molecule has 0 amide bonds. The Balaban J connectivity index is 1.93. The number of anilines is 2. The highest BCUT2D eigenvalue weighted by molar-refractivity contribution is 7.92. The Morgan fingerprint density at radius 3 is 2.76 bits per heavy atom. The van der Waals surface area contributed by atoms with Crippen LogP contribution in [-0.2, 0) is 10.0 Å². The first kappa shape index (κ1) is 20.2. The fourth-order valence-corrected chi connectivity index (χ4v) is 3.88. The summed E-state index contributed by atoms with van der Waals surface area (Å²) in [5.74, 6) is 0.578. The van der Waals surface area contributed by atoms with E-state index >= 15 is 0 Å². The van der Waals surface area contributed by atoms with Gasteiger partial charge in [0.1, 0.15) is 5.69 Å². The van der Waals surface area contributed by atoms with Gasteiger partial charge in [0.15, 0.2) is 16.8 Å². The summed E-state index contributed by atoms with van der Waals surface area (Å²) in [5, 5.41) is 31.0. The van der Waals surface area contributed by atoms with E-state index in [9.17, 15) is 8.42 Å². The van der Waals surface area contributed by atoms with E-state index in [1.807, 2.05) is 6.07 Å². The van der Waals surface area contributed by atoms with Crippen LogP contribution in [0.25, 0.3) is 0 Å².